The average Bonchev–Trinajstić information content (AvgIpc) is 2.95. The second kappa shape index (κ2) is 6.49. The van der Waals surface area contributed by atoms with E-state index in [1.54, 1.807) is 19.1 Å². The van der Waals surface area contributed by atoms with E-state index in [2.05, 4.69) is 5.32 Å². The Labute approximate surface area is 120 Å². The van der Waals surface area contributed by atoms with Crippen LogP contribution in [-0.4, -0.2) is 17.1 Å². The van der Waals surface area contributed by atoms with Crippen molar-refractivity contribution in [2.24, 2.45) is 0 Å². The molecule has 112 valence electrons. The van der Waals surface area contributed by atoms with Crippen molar-refractivity contribution in [2.45, 2.75) is 25.5 Å². The van der Waals surface area contributed by atoms with Gasteiger partial charge in [0.15, 0.2) is 11.6 Å². The summed E-state index contributed by atoms with van der Waals surface area (Å²) in [7, 11) is 0. The van der Waals surface area contributed by atoms with Crippen molar-refractivity contribution < 1.29 is 23.1 Å². The number of aliphatic hydroxyl groups excluding tert-OH is 1. The van der Waals surface area contributed by atoms with Crippen LogP contribution in [0.4, 0.5) is 8.78 Å². The number of hydrogen-bond donors (Lipinski definition) is 2. The number of carbonyl (C=O) groups is 1. The Balaban J connectivity index is 1.94. The fourth-order valence-corrected chi connectivity index (χ4v) is 1.94. The number of rotatable bonds is 5. The third kappa shape index (κ3) is 3.88. The van der Waals surface area contributed by atoms with Crippen LogP contribution >= 0.6 is 0 Å². The molecule has 2 unspecified atom stereocenters. The molecule has 0 radical (unpaired) electrons. The molecule has 1 amide bonds. The van der Waals surface area contributed by atoms with E-state index >= 15 is 0 Å². The number of halogens is 2. The second-order valence-electron chi connectivity index (χ2n) is 4.77. The molecule has 21 heavy (non-hydrogen) atoms. The zero-order valence-electron chi connectivity index (χ0n) is 11.3. The molecule has 6 heteroatoms. The maximum absolute atomic E-state index is 13.1. The average molecular weight is 295 g/mol. The molecular weight excluding hydrogens is 280 g/mol. The highest BCUT2D eigenvalue weighted by molar-refractivity contribution is 5.94. The minimum atomic E-state index is -1.08. The zero-order valence-corrected chi connectivity index (χ0v) is 11.3. The topological polar surface area (TPSA) is 62.5 Å². The molecular formula is C15H15F2NO3. The highest BCUT2D eigenvalue weighted by atomic mass is 19.2. The predicted octanol–water partition coefficient (Wildman–Crippen LogP) is 2.80. The van der Waals surface area contributed by atoms with E-state index in [1.165, 1.54) is 12.3 Å². The van der Waals surface area contributed by atoms with Crippen molar-refractivity contribution in [2.75, 3.05) is 0 Å². The molecule has 0 spiro atoms. The zero-order chi connectivity index (χ0) is 15.4. The summed E-state index contributed by atoms with van der Waals surface area (Å²) in [6.07, 6.45) is 0.840. The van der Waals surface area contributed by atoms with Gasteiger partial charge < -0.3 is 14.8 Å². The molecule has 0 fully saturated rings. The highest BCUT2D eigenvalue weighted by Gasteiger charge is 2.17. The molecule has 0 aliphatic rings. The molecule has 0 saturated carbocycles. The summed E-state index contributed by atoms with van der Waals surface area (Å²) in [6.45, 7) is 1.70. The molecule has 1 aromatic carbocycles. The third-order valence-corrected chi connectivity index (χ3v) is 3.01. The largest absolute Gasteiger partial charge is 0.467 e. The fraction of sp³-hybridized carbons (Fsp3) is 0.267. The molecule has 2 atom stereocenters. The van der Waals surface area contributed by atoms with Crippen molar-refractivity contribution in [1.29, 1.82) is 0 Å². The lowest BCUT2D eigenvalue weighted by atomic mass is 10.1. The third-order valence-electron chi connectivity index (χ3n) is 3.01. The standard InChI is InChI=1S/C15H15F2NO3/c1-9(7-13(19)14-3-2-6-21-14)18-15(20)10-4-5-11(16)12(17)8-10/h2-6,8-9,13,19H,7H2,1H3,(H,18,20). The molecule has 0 aliphatic heterocycles. The van der Waals surface area contributed by atoms with Gasteiger partial charge in [-0.15, -0.1) is 0 Å². The van der Waals surface area contributed by atoms with Gasteiger partial charge in [-0.1, -0.05) is 0 Å². The van der Waals surface area contributed by atoms with Crippen LogP contribution in [0.2, 0.25) is 0 Å². The molecule has 2 aromatic rings. The predicted molar refractivity (Wildman–Crippen MR) is 71.6 cm³/mol. The Morgan fingerprint density at radius 1 is 1.33 bits per heavy atom. The minimum absolute atomic E-state index is 0.0215. The van der Waals surface area contributed by atoms with Gasteiger partial charge in [0.25, 0.3) is 5.91 Å². The molecule has 2 rings (SSSR count). The molecule has 0 aliphatic carbocycles. The van der Waals surface area contributed by atoms with E-state index in [-0.39, 0.29) is 18.0 Å². The highest BCUT2D eigenvalue weighted by Crippen LogP contribution is 2.18. The van der Waals surface area contributed by atoms with Crippen LogP contribution in [0.15, 0.2) is 41.0 Å². The number of benzene rings is 1. The van der Waals surface area contributed by atoms with Crippen molar-refractivity contribution in [3.8, 4) is 0 Å². The van der Waals surface area contributed by atoms with E-state index in [9.17, 15) is 18.7 Å². The van der Waals surface area contributed by atoms with Crippen LogP contribution in [0, 0.1) is 11.6 Å². The van der Waals surface area contributed by atoms with Crippen LogP contribution in [0.25, 0.3) is 0 Å². The summed E-state index contributed by atoms with van der Waals surface area (Å²) in [5.41, 5.74) is 0.0215. The van der Waals surface area contributed by atoms with Gasteiger partial charge in [0.2, 0.25) is 0 Å². The molecule has 1 aromatic heterocycles. The van der Waals surface area contributed by atoms with E-state index < -0.39 is 23.6 Å². The quantitative estimate of drug-likeness (QED) is 0.891. The van der Waals surface area contributed by atoms with Crippen LogP contribution in [0.1, 0.15) is 35.6 Å². The number of aliphatic hydroxyl groups is 1. The fourth-order valence-electron chi connectivity index (χ4n) is 1.94. The molecule has 4 nitrogen and oxygen atoms in total. The lowest BCUT2D eigenvalue weighted by Crippen LogP contribution is -2.33. The first-order valence-corrected chi connectivity index (χ1v) is 6.44. The van der Waals surface area contributed by atoms with Crippen molar-refractivity contribution in [3.05, 3.63) is 59.6 Å². The summed E-state index contributed by atoms with van der Waals surface area (Å²) in [5.74, 6) is -2.21. The first-order valence-electron chi connectivity index (χ1n) is 6.44. The van der Waals surface area contributed by atoms with Crippen molar-refractivity contribution >= 4 is 5.91 Å². The van der Waals surface area contributed by atoms with E-state index in [0.29, 0.717) is 5.76 Å². The Bertz CT molecular complexity index is 613. The maximum atomic E-state index is 13.1. The van der Waals surface area contributed by atoms with Crippen LogP contribution < -0.4 is 5.32 Å². The Morgan fingerprint density at radius 2 is 2.10 bits per heavy atom. The Kier molecular flexibility index (Phi) is 4.70. The summed E-state index contributed by atoms with van der Waals surface area (Å²) < 4.78 is 30.9. The Morgan fingerprint density at radius 3 is 2.71 bits per heavy atom. The van der Waals surface area contributed by atoms with Crippen LogP contribution in [-0.2, 0) is 0 Å². The van der Waals surface area contributed by atoms with Crippen LogP contribution in [0.3, 0.4) is 0 Å². The van der Waals surface area contributed by atoms with Crippen molar-refractivity contribution in [1.82, 2.24) is 5.32 Å². The SMILES string of the molecule is CC(CC(O)c1ccco1)NC(=O)c1ccc(F)c(F)c1. The lowest BCUT2D eigenvalue weighted by molar-refractivity contribution is 0.0902. The van der Waals surface area contributed by atoms with Crippen molar-refractivity contribution in [3.63, 3.8) is 0 Å². The first-order chi connectivity index (χ1) is 9.97. The number of amides is 1. The molecule has 0 bridgehead atoms. The first kappa shape index (κ1) is 15.2. The smallest absolute Gasteiger partial charge is 0.251 e. The van der Waals surface area contributed by atoms with Gasteiger partial charge in [-0.05, 0) is 37.3 Å². The summed E-state index contributed by atoms with van der Waals surface area (Å²) >= 11 is 0. The number of nitrogens with one attached hydrogen (secondary N) is 1. The lowest BCUT2D eigenvalue weighted by Gasteiger charge is -2.16. The normalized spacial score (nSPS) is 13.7. The van der Waals surface area contributed by atoms with E-state index in [0.717, 1.165) is 12.1 Å². The summed E-state index contributed by atoms with van der Waals surface area (Å²) in [4.78, 5) is 11.9. The second-order valence-corrected chi connectivity index (χ2v) is 4.77. The van der Waals surface area contributed by atoms with Gasteiger partial charge in [0, 0.05) is 18.0 Å². The minimum Gasteiger partial charge on any atom is -0.467 e. The monoisotopic (exact) mass is 295 g/mol. The van der Waals surface area contributed by atoms with Gasteiger partial charge in [0.05, 0.1) is 6.26 Å². The van der Waals surface area contributed by atoms with E-state index in [1.807, 2.05) is 0 Å². The number of hydrogen-bond acceptors (Lipinski definition) is 3. The molecule has 1 heterocycles. The van der Waals surface area contributed by atoms with Gasteiger partial charge in [-0.25, -0.2) is 8.78 Å². The van der Waals surface area contributed by atoms with Gasteiger partial charge in [-0.3, -0.25) is 4.79 Å². The number of furan rings is 1. The summed E-state index contributed by atoms with van der Waals surface area (Å²) in [6, 6.07) is 5.85. The van der Waals surface area contributed by atoms with Gasteiger partial charge >= 0.3 is 0 Å². The number of carbonyl (C=O) groups excluding carboxylic acids is 1. The molecule has 0 saturated heterocycles. The van der Waals surface area contributed by atoms with E-state index in [4.69, 9.17) is 4.42 Å². The Hall–Kier alpha value is -2.21. The van der Waals surface area contributed by atoms with Crippen LogP contribution in [0.5, 0.6) is 0 Å². The van der Waals surface area contributed by atoms with Gasteiger partial charge in [0.1, 0.15) is 11.9 Å². The maximum Gasteiger partial charge on any atom is 0.251 e. The summed E-state index contributed by atoms with van der Waals surface area (Å²) in [5, 5.41) is 12.5. The molecule has 2 N–H and O–H groups in total. The van der Waals surface area contributed by atoms with Gasteiger partial charge in [-0.2, -0.15) is 0 Å².